The number of nitrogens with one attached hydrogen (secondary N) is 1. The first kappa shape index (κ1) is 11.6. The number of rotatable bonds is 3. The normalized spacial score (nSPS) is 14.4. The summed E-state index contributed by atoms with van der Waals surface area (Å²) >= 11 is 0. The molecule has 0 aliphatic heterocycles. The highest BCUT2D eigenvalue weighted by atomic mass is 19.1. The van der Waals surface area contributed by atoms with Crippen molar-refractivity contribution in [1.82, 2.24) is 4.98 Å². The summed E-state index contributed by atoms with van der Waals surface area (Å²) in [4.78, 5) is 15.2. The number of nitrogens with two attached hydrogens (primary N) is 1. The van der Waals surface area contributed by atoms with Gasteiger partial charge in [0.1, 0.15) is 11.6 Å². The lowest BCUT2D eigenvalue weighted by Crippen LogP contribution is -2.34. The van der Waals surface area contributed by atoms with E-state index in [4.69, 9.17) is 5.73 Å². The first-order valence-electron chi connectivity index (χ1n) is 4.68. The van der Waals surface area contributed by atoms with Gasteiger partial charge >= 0.3 is 0 Å². The summed E-state index contributed by atoms with van der Waals surface area (Å²) in [5.41, 5.74) is 5.57. The SMILES string of the molecule is CC(N)C(C)C(=O)Nc1ccc(F)cn1. The van der Waals surface area contributed by atoms with Crippen molar-refractivity contribution >= 4 is 11.7 Å². The van der Waals surface area contributed by atoms with Crippen LogP contribution in [0.5, 0.6) is 0 Å². The molecule has 0 aliphatic rings. The second-order valence-electron chi connectivity index (χ2n) is 3.50. The molecule has 1 heterocycles. The molecule has 1 aromatic rings. The summed E-state index contributed by atoms with van der Waals surface area (Å²) in [6.45, 7) is 3.48. The van der Waals surface area contributed by atoms with Crippen molar-refractivity contribution in [1.29, 1.82) is 0 Å². The fraction of sp³-hybridized carbons (Fsp3) is 0.400. The molecule has 0 aliphatic carbocycles. The maximum absolute atomic E-state index is 12.5. The molecule has 1 rings (SSSR count). The molecule has 1 aromatic heterocycles. The van der Waals surface area contributed by atoms with Crippen LogP contribution in [0.4, 0.5) is 10.2 Å². The summed E-state index contributed by atoms with van der Waals surface area (Å²) in [7, 11) is 0. The van der Waals surface area contributed by atoms with Crippen LogP contribution < -0.4 is 11.1 Å². The minimum atomic E-state index is -0.437. The van der Waals surface area contributed by atoms with Gasteiger partial charge in [-0.1, -0.05) is 6.92 Å². The lowest BCUT2D eigenvalue weighted by molar-refractivity contribution is -0.119. The van der Waals surface area contributed by atoms with Crippen LogP contribution >= 0.6 is 0 Å². The Morgan fingerprint density at radius 3 is 2.67 bits per heavy atom. The number of carbonyl (C=O) groups excluding carboxylic acids is 1. The monoisotopic (exact) mass is 211 g/mol. The molecule has 0 spiro atoms. The third-order valence-corrected chi connectivity index (χ3v) is 2.18. The molecule has 2 atom stereocenters. The molecule has 3 N–H and O–H groups in total. The Kier molecular flexibility index (Phi) is 3.74. The largest absolute Gasteiger partial charge is 0.327 e. The molecule has 4 nitrogen and oxygen atoms in total. The van der Waals surface area contributed by atoms with Crippen molar-refractivity contribution in [3.8, 4) is 0 Å². The molecule has 82 valence electrons. The summed E-state index contributed by atoms with van der Waals surface area (Å²) in [6, 6.07) is 2.41. The molecular formula is C10H14FN3O. The second-order valence-corrected chi connectivity index (χ2v) is 3.50. The molecule has 0 bridgehead atoms. The van der Waals surface area contributed by atoms with Gasteiger partial charge < -0.3 is 11.1 Å². The lowest BCUT2D eigenvalue weighted by Gasteiger charge is -2.14. The summed E-state index contributed by atoms with van der Waals surface area (Å²) in [5, 5.41) is 2.55. The zero-order valence-electron chi connectivity index (χ0n) is 8.70. The van der Waals surface area contributed by atoms with E-state index in [9.17, 15) is 9.18 Å². The molecule has 15 heavy (non-hydrogen) atoms. The van der Waals surface area contributed by atoms with E-state index in [0.717, 1.165) is 6.20 Å². The summed E-state index contributed by atoms with van der Waals surface area (Å²) in [5.74, 6) is -0.636. The molecule has 0 radical (unpaired) electrons. The van der Waals surface area contributed by atoms with Gasteiger partial charge in [-0.15, -0.1) is 0 Å². The molecule has 0 aromatic carbocycles. The van der Waals surface area contributed by atoms with Gasteiger partial charge in [0.2, 0.25) is 5.91 Å². The van der Waals surface area contributed by atoms with Gasteiger partial charge in [0, 0.05) is 6.04 Å². The van der Waals surface area contributed by atoms with Crippen LogP contribution in [0.2, 0.25) is 0 Å². The fourth-order valence-electron chi connectivity index (χ4n) is 0.929. The predicted octanol–water partition coefficient (Wildman–Crippen LogP) is 1.14. The maximum Gasteiger partial charge on any atom is 0.229 e. The Morgan fingerprint density at radius 2 is 2.20 bits per heavy atom. The van der Waals surface area contributed by atoms with E-state index >= 15 is 0 Å². The van der Waals surface area contributed by atoms with E-state index in [1.807, 2.05) is 0 Å². The predicted molar refractivity (Wildman–Crippen MR) is 55.6 cm³/mol. The zero-order valence-corrected chi connectivity index (χ0v) is 8.70. The van der Waals surface area contributed by atoms with Crippen LogP contribution in [0.25, 0.3) is 0 Å². The van der Waals surface area contributed by atoms with E-state index in [2.05, 4.69) is 10.3 Å². The van der Waals surface area contributed by atoms with E-state index in [0.29, 0.717) is 5.82 Å². The Bertz CT molecular complexity index is 337. The smallest absolute Gasteiger partial charge is 0.229 e. The van der Waals surface area contributed by atoms with Gasteiger partial charge in [0.05, 0.1) is 12.1 Å². The number of amides is 1. The van der Waals surface area contributed by atoms with E-state index in [1.165, 1.54) is 12.1 Å². The quantitative estimate of drug-likeness (QED) is 0.787. The number of anilines is 1. The molecule has 1 amide bonds. The Balaban J connectivity index is 2.62. The third-order valence-electron chi connectivity index (χ3n) is 2.18. The molecule has 0 saturated heterocycles. The average Bonchev–Trinajstić information content (AvgIpc) is 2.20. The van der Waals surface area contributed by atoms with Gasteiger partial charge in [0.25, 0.3) is 0 Å². The van der Waals surface area contributed by atoms with Crippen molar-refractivity contribution < 1.29 is 9.18 Å². The fourth-order valence-corrected chi connectivity index (χ4v) is 0.929. The number of nitrogens with zero attached hydrogens (tertiary/aromatic N) is 1. The average molecular weight is 211 g/mol. The van der Waals surface area contributed by atoms with Crippen LogP contribution in [0.1, 0.15) is 13.8 Å². The molecule has 0 saturated carbocycles. The third kappa shape index (κ3) is 3.28. The van der Waals surface area contributed by atoms with Crippen LogP contribution in [0, 0.1) is 11.7 Å². The standard InChI is InChI=1S/C10H14FN3O/c1-6(7(2)12)10(15)14-9-4-3-8(11)5-13-9/h3-7H,12H2,1-2H3,(H,13,14,15). The minimum absolute atomic E-state index is 0.218. The lowest BCUT2D eigenvalue weighted by atomic mass is 10.0. The first-order chi connectivity index (χ1) is 7.00. The molecule has 2 unspecified atom stereocenters. The van der Waals surface area contributed by atoms with Gasteiger partial charge in [-0.2, -0.15) is 0 Å². The maximum atomic E-state index is 12.5. The Hall–Kier alpha value is -1.49. The van der Waals surface area contributed by atoms with Gasteiger partial charge in [-0.3, -0.25) is 4.79 Å². The molecular weight excluding hydrogens is 197 g/mol. The molecule has 0 fully saturated rings. The van der Waals surface area contributed by atoms with Crippen molar-refractivity contribution in [2.24, 2.45) is 11.7 Å². The number of aromatic nitrogens is 1. The number of hydrogen-bond donors (Lipinski definition) is 2. The van der Waals surface area contributed by atoms with Crippen LogP contribution in [-0.4, -0.2) is 16.9 Å². The zero-order chi connectivity index (χ0) is 11.4. The molecule has 5 heteroatoms. The summed E-state index contributed by atoms with van der Waals surface area (Å²) < 4.78 is 12.5. The van der Waals surface area contributed by atoms with Crippen molar-refractivity contribution in [2.75, 3.05) is 5.32 Å². The van der Waals surface area contributed by atoms with E-state index in [1.54, 1.807) is 13.8 Å². The Labute approximate surface area is 87.7 Å². The number of hydrogen-bond acceptors (Lipinski definition) is 3. The summed E-state index contributed by atoms with van der Waals surface area (Å²) in [6.07, 6.45) is 1.05. The van der Waals surface area contributed by atoms with Crippen molar-refractivity contribution in [2.45, 2.75) is 19.9 Å². The Morgan fingerprint density at radius 1 is 1.53 bits per heavy atom. The number of halogens is 1. The van der Waals surface area contributed by atoms with Crippen molar-refractivity contribution in [3.05, 3.63) is 24.1 Å². The van der Waals surface area contributed by atoms with Gasteiger partial charge in [-0.25, -0.2) is 9.37 Å². The van der Waals surface area contributed by atoms with Crippen molar-refractivity contribution in [3.63, 3.8) is 0 Å². The minimum Gasteiger partial charge on any atom is -0.327 e. The second kappa shape index (κ2) is 4.84. The highest BCUT2D eigenvalue weighted by Crippen LogP contribution is 2.07. The van der Waals surface area contributed by atoms with Crippen LogP contribution in [0.15, 0.2) is 18.3 Å². The number of pyridine rings is 1. The van der Waals surface area contributed by atoms with Gasteiger partial charge in [0.15, 0.2) is 0 Å². The van der Waals surface area contributed by atoms with E-state index < -0.39 is 5.82 Å². The number of carbonyl (C=O) groups is 1. The van der Waals surface area contributed by atoms with Gasteiger partial charge in [-0.05, 0) is 19.1 Å². The van der Waals surface area contributed by atoms with Crippen LogP contribution in [-0.2, 0) is 4.79 Å². The highest BCUT2D eigenvalue weighted by molar-refractivity contribution is 5.91. The van der Waals surface area contributed by atoms with Crippen LogP contribution in [0.3, 0.4) is 0 Å². The first-order valence-corrected chi connectivity index (χ1v) is 4.68. The topological polar surface area (TPSA) is 68.0 Å². The highest BCUT2D eigenvalue weighted by Gasteiger charge is 2.17. The van der Waals surface area contributed by atoms with E-state index in [-0.39, 0.29) is 17.9 Å².